The second-order valence-corrected chi connectivity index (χ2v) is 13.8. The van der Waals surface area contributed by atoms with Gasteiger partial charge in [0.1, 0.15) is 11.6 Å². The molecule has 1 spiro atoms. The molecule has 1 aromatic heterocycles. The average Bonchev–Trinajstić information content (AvgIpc) is 3.13. The van der Waals surface area contributed by atoms with Crippen molar-refractivity contribution in [3.63, 3.8) is 0 Å². The lowest BCUT2D eigenvalue weighted by atomic mass is 9.62. The molecule has 3 aliphatic heterocycles. The van der Waals surface area contributed by atoms with Crippen LogP contribution in [0.5, 0.6) is 0 Å². The molecule has 0 bridgehead atoms. The molecule has 228 valence electrons. The van der Waals surface area contributed by atoms with Crippen LogP contribution in [-0.2, 0) is 26.1 Å². The van der Waals surface area contributed by atoms with Gasteiger partial charge in [0.2, 0.25) is 11.8 Å². The van der Waals surface area contributed by atoms with Gasteiger partial charge in [-0.3, -0.25) is 24.0 Å². The number of nitrogens with one attached hydrogen (secondary N) is 1. The van der Waals surface area contributed by atoms with Gasteiger partial charge in [-0.05, 0) is 89.6 Å². The summed E-state index contributed by atoms with van der Waals surface area (Å²) in [5.74, 6) is -0.285. The summed E-state index contributed by atoms with van der Waals surface area (Å²) < 4.78 is 14.8. The Kier molecular flexibility index (Phi) is 7.45. The summed E-state index contributed by atoms with van der Waals surface area (Å²) in [6.07, 6.45) is 4.76. The largest absolute Gasteiger partial charge is 0.444 e. The molecule has 4 fully saturated rings. The Morgan fingerprint density at radius 2 is 1.76 bits per heavy atom. The van der Waals surface area contributed by atoms with Crippen molar-refractivity contribution >= 4 is 28.9 Å². The smallest absolute Gasteiger partial charge is 0.410 e. The van der Waals surface area contributed by atoms with Crippen molar-refractivity contribution in [3.05, 3.63) is 34.2 Å². The number of imide groups is 1. The van der Waals surface area contributed by atoms with Crippen molar-refractivity contribution in [2.45, 2.75) is 83.0 Å². The number of aryl methyl sites for hydroxylation is 1. The van der Waals surface area contributed by atoms with Crippen LogP contribution in [-0.4, -0.2) is 87.9 Å². The van der Waals surface area contributed by atoms with Crippen LogP contribution in [0.4, 0.5) is 4.79 Å². The van der Waals surface area contributed by atoms with Crippen molar-refractivity contribution < 1.29 is 23.9 Å². The summed E-state index contributed by atoms with van der Waals surface area (Å²) in [7, 11) is 1.74. The summed E-state index contributed by atoms with van der Waals surface area (Å²) in [5, 5.41) is 2.37. The first-order valence-corrected chi connectivity index (χ1v) is 15.3. The highest BCUT2D eigenvalue weighted by Gasteiger charge is 2.54. The van der Waals surface area contributed by atoms with Crippen molar-refractivity contribution in [1.82, 2.24) is 24.3 Å². The van der Waals surface area contributed by atoms with Gasteiger partial charge in [-0.15, -0.1) is 0 Å². The highest BCUT2D eigenvalue weighted by molar-refractivity contribution is 6.00. The van der Waals surface area contributed by atoms with Crippen LogP contribution in [0.15, 0.2) is 23.0 Å². The van der Waals surface area contributed by atoms with Crippen LogP contribution < -0.4 is 11.0 Å². The molecule has 1 saturated carbocycles. The Morgan fingerprint density at radius 1 is 1.05 bits per heavy atom. The molecule has 1 unspecified atom stereocenters. The highest BCUT2D eigenvalue weighted by atomic mass is 16.6. The Labute approximate surface area is 246 Å². The van der Waals surface area contributed by atoms with Crippen molar-refractivity contribution in [3.8, 4) is 0 Å². The van der Waals surface area contributed by atoms with E-state index in [9.17, 15) is 19.2 Å². The molecule has 4 aliphatic rings. The summed E-state index contributed by atoms with van der Waals surface area (Å²) in [6, 6.07) is 5.47. The van der Waals surface area contributed by atoms with Crippen LogP contribution in [0.25, 0.3) is 11.0 Å². The fraction of sp³-hybridized carbons (Fsp3) is 0.677. The van der Waals surface area contributed by atoms with Gasteiger partial charge >= 0.3 is 11.8 Å². The predicted octanol–water partition coefficient (Wildman–Crippen LogP) is 2.91. The third-order valence-corrected chi connectivity index (χ3v) is 9.48. The molecular formula is C31H43N5O6. The zero-order valence-corrected chi connectivity index (χ0v) is 25.2. The molecule has 1 aliphatic carbocycles. The number of benzene rings is 1. The first kappa shape index (κ1) is 28.9. The number of ether oxygens (including phenoxy) is 2. The molecule has 1 N–H and O–H groups in total. The Hall–Kier alpha value is -3.18. The summed E-state index contributed by atoms with van der Waals surface area (Å²) >= 11 is 0. The number of piperidine rings is 2. The molecule has 6 rings (SSSR count). The van der Waals surface area contributed by atoms with E-state index in [0.29, 0.717) is 12.3 Å². The molecule has 11 nitrogen and oxygen atoms in total. The number of aromatic nitrogens is 2. The zero-order valence-electron chi connectivity index (χ0n) is 25.2. The number of rotatable bonds is 6. The maximum Gasteiger partial charge on any atom is 0.410 e. The van der Waals surface area contributed by atoms with E-state index in [1.54, 1.807) is 16.5 Å². The number of hydrogen-bond donors (Lipinski definition) is 1. The van der Waals surface area contributed by atoms with E-state index in [1.807, 2.05) is 26.8 Å². The van der Waals surface area contributed by atoms with Crippen LogP contribution in [0.3, 0.4) is 0 Å². The van der Waals surface area contributed by atoms with Gasteiger partial charge in [0.05, 0.1) is 23.7 Å². The van der Waals surface area contributed by atoms with E-state index in [-0.39, 0.29) is 35.6 Å². The molecule has 1 atom stereocenters. The minimum atomic E-state index is -0.665. The normalized spacial score (nSPS) is 23.6. The van der Waals surface area contributed by atoms with E-state index >= 15 is 0 Å². The molecule has 1 aromatic carbocycles. The Bertz CT molecular complexity index is 1430. The van der Waals surface area contributed by atoms with Crippen LogP contribution in [0.1, 0.15) is 76.8 Å². The average molecular weight is 582 g/mol. The third kappa shape index (κ3) is 5.60. The third-order valence-electron chi connectivity index (χ3n) is 9.48. The lowest BCUT2D eigenvalue weighted by Gasteiger charge is -2.58. The number of nitrogens with zero attached hydrogens (tertiary/aromatic N) is 4. The first-order chi connectivity index (χ1) is 19.9. The lowest BCUT2D eigenvalue weighted by molar-refractivity contribution is -0.148. The zero-order chi connectivity index (χ0) is 29.8. The number of carbonyl (C=O) groups excluding carboxylic acids is 3. The molecule has 3 saturated heterocycles. The highest BCUT2D eigenvalue weighted by Crippen LogP contribution is 2.49. The Morgan fingerprint density at radius 3 is 2.43 bits per heavy atom. The van der Waals surface area contributed by atoms with Crippen molar-refractivity contribution in [2.24, 2.45) is 12.5 Å². The molecule has 0 radical (unpaired) electrons. The van der Waals surface area contributed by atoms with E-state index in [4.69, 9.17) is 9.47 Å². The number of likely N-dealkylation sites (tertiary alicyclic amines) is 2. The minimum Gasteiger partial charge on any atom is -0.444 e. The lowest BCUT2D eigenvalue weighted by Crippen LogP contribution is -2.65. The fourth-order valence-electron chi connectivity index (χ4n) is 7.20. The van der Waals surface area contributed by atoms with Crippen LogP contribution in [0.2, 0.25) is 0 Å². The number of amides is 3. The van der Waals surface area contributed by atoms with Gasteiger partial charge in [-0.2, -0.15) is 0 Å². The number of fused-ring (bicyclic) bond motifs is 1. The summed E-state index contributed by atoms with van der Waals surface area (Å²) in [5.41, 5.74) is 2.30. The first-order valence-electron chi connectivity index (χ1n) is 15.3. The van der Waals surface area contributed by atoms with Gasteiger partial charge in [0.25, 0.3) is 0 Å². The van der Waals surface area contributed by atoms with E-state index in [2.05, 4.69) is 22.3 Å². The van der Waals surface area contributed by atoms with Crippen molar-refractivity contribution in [2.75, 3.05) is 39.3 Å². The number of hydrogen-bond acceptors (Lipinski definition) is 7. The van der Waals surface area contributed by atoms with Crippen LogP contribution in [0, 0.1) is 5.41 Å². The summed E-state index contributed by atoms with van der Waals surface area (Å²) in [6.45, 7) is 10.9. The monoisotopic (exact) mass is 581 g/mol. The van der Waals surface area contributed by atoms with Gasteiger partial charge in [-0.25, -0.2) is 9.59 Å². The fourth-order valence-corrected chi connectivity index (χ4v) is 7.20. The molecule has 4 heterocycles. The van der Waals surface area contributed by atoms with Crippen molar-refractivity contribution in [1.29, 1.82) is 0 Å². The Balaban J connectivity index is 0.956. The standard InChI is InChI=1S/C31H43N5O6/c1-30(2,3)42-29(40)35-18-31(19-35)16-22(17-31)41-14-13-34-11-9-20(10-12-34)21-5-6-23-25(15-21)33(4)28(39)36(23)24-7-8-26(37)32-27(24)38/h5-6,15,20,22,24H,7-14,16-19H2,1-4H3,(H,32,37,38). The minimum absolute atomic E-state index is 0.213. The molecule has 11 heteroatoms. The maximum atomic E-state index is 13.1. The van der Waals surface area contributed by atoms with Gasteiger partial charge < -0.3 is 19.3 Å². The molecular weight excluding hydrogens is 538 g/mol. The van der Waals surface area contributed by atoms with Crippen LogP contribution >= 0.6 is 0 Å². The van der Waals surface area contributed by atoms with E-state index < -0.39 is 17.6 Å². The maximum absolute atomic E-state index is 13.1. The topological polar surface area (TPSA) is 115 Å². The van der Waals surface area contributed by atoms with Gasteiger partial charge in [0, 0.05) is 38.5 Å². The van der Waals surface area contributed by atoms with Gasteiger partial charge in [0.15, 0.2) is 0 Å². The van der Waals surface area contributed by atoms with E-state index in [0.717, 1.165) is 76.0 Å². The predicted molar refractivity (Wildman–Crippen MR) is 156 cm³/mol. The number of imidazole rings is 1. The second kappa shape index (κ2) is 10.8. The molecule has 42 heavy (non-hydrogen) atoms. The quantitative estimate of drug-likeness (QED) is 0.522. The molecule has 2 aromatic rings. The summed E-state index contributed by atoms with van der Waals surface area (Å²) in [4.78, 5) is 53.6. The molecule has 3 amide bonds. The number of carbonyl (C=O) groups is 3. The van der Waals surface area contributed by atoms with Gasteiger partial charge in [-0.1, -0.05) is 6.07 Å². The van der Waals surface area contributed by atoms with E-state index in [1.165, 1.54) is 10.1 Å². The second-order valence-electron chi connectivity index (χ2n) is 13.8. The SMILES string of the molecule is Cn1c(=O)n(C2CCC(=O)NC2=O)c2ccc(C3CCN(CCOC4CC5(C4)CN(C(=O)OC(C)(C)C)C5)CC3)cc21.